The van der Waals surface area contributed by atoms with Crippen molar-refractivity contribution in [3.63, 3.8) is 0 Å². The third-order valence-electron chi connectivity index (χ3n) is 2.82. The van der Waals surface area contributed by atoms with Crippen LogP contribution in [0.1, 0.15) is 29.9 Å². The molecule has 1 aromatic rings. The Hall–Kier alpha value is -1.62. The van der Waals surface area contributed by atoms with Gasteiger partial charge in [-0.05, 0) is 32.9 Å². The van der Waals surface area contributed by atoms with E-state index in [4.69, 9.17) is 5.73 Å². The summed E-state index contributed by atoms with van der Waals surface area (Å²) in [6, 6.07) is 3.22. The molecule has 0 aromatic carbocycles. The average molecular weight is 237 g/mol. The van der Waals surface area contributed by atoms with Gasteiger partial charge in [0.2, 0.25) is 0 Å². The number of hydrogen-bond donors (Lipinski definition) is 2. The zero-order chi connectivity index (χ0) is 13.2. The van der Waals surface area contributed by atoms with Gasteiger partial charge in [-0.15, -0.1) is 0 Å². The van der Waals surface area contributed by atoms with Crippen LogP contribution in [0.5, 0.6) is 0 Å². The second-order valence-electron chi connectivity index (χ2n) is 4.76. The number of aliphatic hydroxyl groups excluding tert-OH is 1. The largest absolute Gasteiger partial charge is 0.394 e. The van der Waals surface area contributed by atoms with Crippen LogP contribution < -0.4 is 5.73 Å². The molecule has 0 fully saturated rings. The summed E-state index contributed by atoms with van der Waals surface area (Å²) in [6.45, 7) is 5.27. The first kappa shape index (κ1) is 13.4. The summed E-state index contributed by atoms with van der Waals surface area (Å²) in [5.41, 5.74) is 6.18. The fourth-order valence-electron chi connectivity index (χ4n) is 1.39. The Balaban J connectivity index is 3.04. The van der Waals surface area contributed by atoms with Gasteiger partial charge in [0, 0.05) is 18.3 Å². The predicted molar refractivity (Wildman–Crippen MR) is 66.6 cm³/mol. The van der Waals surface area contributed by atoms with Crippen molar-refractivity contribution in [1.29, 1.82) is 0 Å². The van der Waals surface area contributed by atoms with Crippen LogP contribution >= 0.6 is 0 Å². The monoisotopic (exact) mass is 237 g/mol. The molecule has 0 aliphatic carbocycles. The second-order valence-corrected chi connectivity index (χ2v) is 4.76. The van der Waals surface area contributed by atoms with Gasteiger partial charge in [-0.2, -0.15) is 0 Å². The van der Waals surface area contributed by atoms with E-state index in [0.717, 1.165) is 0 Å². The van der Waals surface area contributed by atoms with Crippen LogP contribution in [0.4, 0.5) is 5.82 Å². The van der Waals surface area contributed by atoms with E-state index in [2.05, 4.69) is 4.98 Å². The zero-order valence-electron chi connectivity index (χ0n) is 10.7. The molecule has 1 aromatic heterocycles. The van der Waals surface area contributed by atoms with Gasteiger partial charge < -0.3 is 15.7 Å². The molecule has 0 aliphatic heterocycles. The average Bonchev–Trinajstić information content (AvgIpc) is 2.25. The molecule has 5 nitrogen and oxygen atoms in total. The van der Waals surface area contributed by atoms with Crippen molar-refractivity contribution in [2.75, 3.05) is 19.4 Å². The SMILES string of the molecule is Cc1cc(C(=O)N(C)C(C)(C)CO)cc(N)n1. The van der Waals surface area contributed by atoms with Crippen molar-refractivity contribution >= 4 is 11.7 Å². The van der Waals surface area contributed by atoms with Crippen LogP contribution in [-0.4, -0.2) is 40.1 Å². The number of likely N-dealkylation sites (N-methyl/N-ethyl adjacent to an activating group) is 1. The van der Waals surface area contributed by atoms with Crippen LogP contribution in [0.15, 0.2) is 12.1 Å². The van der Waals surface area contributed by atoms with Crippen LogP contribution in [0, 0.1) is 6.92 Å². The molecule has 5 heteroatoms. The molecule has 0 bridgehead atoms. The van der Waals surface area contributed by atoms with Crippen LogP contribution in [0.3, 0.4) is 0 Å². The molecule has 17 heavy (non-hydrogen) atoms. The van der Waals surface area contributed by atoms with E-state index >= 15 is 0 Å². The minimum atomic E-state index is -0.608. The van der Waals surface area contributed by atoms with Crippen LogP contribution in [0.2, 0.25) is 0 Å². The molecular weight excluding hydrogens is 218 g/mol. The van der Waals surface area contributed by atoms with Crippen molar-refractivity contribution in [3.05, 3.63) is 23.4 Å². The van der Waals surface area contributed by atoms with Gasteiger partial charge in [-0.1, -0.05) is 0 Å². The highest BCUT2D eigenvalue weighted by molar-refractivity contribution is 5.95. The Morgan fingerprint density at radius 1 is 1.53 bits per heavy atom. The number of anilines is 1. The van der Waals surface area contributed by atoms with Crippen molar-refractivity contribution in [1.82, 2.24) is 9.88 Å². The first-order valence-electron chi connectivity index (χ1n) is 5.41. The molecule has 0 spiro atoms. The quantitative estimate of drug-likeness (QED) is 0.815. The Morgan fingerprint density at radius 3 is 2.59 bits per heavy atom. The number of nitrogens with zero attached hydrogens (tertiary/aromatic N) is 2. The fraction of sp³-hybridized carbons (Fsp3) is 0.500. The van der Waals surface area contributed by atoms with Crippen LogP contribution in [-0.2, 0) is 0 Å². The van der Waals surface area contributed by atoms with Crippen molar-refractivity contribution in [3.8, 4) is 0 Å². The summed E-state index contributed by atoms with van der Waals surface area (Å²) < 4.78 is 0. The topological polar surface area (TPSA) is 79.5 Å². The molecule has 0 unspecified atom stereocenters. The number of nitrogens with two attached hydrogens (primary N) is 1. The number of aromatic nitrogens is 1. The van der Waals surface area contributed by atoms with Crippen molar-refractivity contribution < 1.29 is 9.90 Å². The molecule has 0 saturated heterocycles. The predicted octanol–water partition coefficient (Wildman–Crippen LogP) is 0.815. The van der Waals surface area contributed by atoms with Crippen molar-refractivity contribution in [2.45, 2.75) is 26.3 Å². The number of rotatable bonds is 3. The van der Waals surface area contributed by atoms with Crippen molar-refractivity contribution in [2.24, 2.45) is 0 Å². The number of nitrogen functional groups attached to an aromatic ring is 1. The van der Waals surface area contributed by atoms with Gasteiger partial charge in [-0.25, -0.2) is 4.98 Å². The van der Waals surface area contributed by atoms with E-state index in [1.807, 2.05) is 0 Å². The summed E-state index contributed by atoms with van der Waals surface area (Å²) in [4.78, 5) is 17.7. The first-order chi connectivity index (χ1) is 7.77. The Morgan fingerprint density at radius 2 is 2.12 bits per heavy atom. The molecule has 3 N–H and O–H groups in total. The molecule has 0 radical (unpaired) electrons. The molecule has 1 amide bonds. The number of carbonyl (C=O) groups excluding carboxylic acids is 1. The van der Waals surface area contributed by atoms with E-state index in [1.54, 1.807) is 40.0 Å². The number of amides is 1. The number of aryl methyl sites for hydroxylation is 1. The fourth-order valence-corrected chi connectivity index (χ4v) is 1.39. The zero-order valence-corrected chi connectivity index (χ0v) is 10.7. The van der Waals surface area contributed by atoms with E-state index in [9.17, 15) is 9.90 Å². The number of hydrogen-bond acceptors (Lipinski definition) is 4. The maximum atomic E-state index is 12.2. The van der Waals surface area contributed by atoms with Crippen LogP contribution in [0.25, 0.3) is 0 Å². The molecule has 94 valence electrons. The number of aliphatic hydroxyl groups is 1. The maximum absolute atomic E-state index is 12.2. The van der Waals surface area contributed by atoms with Gasteiger partial charge in [0.05, 0.1) is 12.1 Å². The number of carbonyl (C=O) groups is 1. The maximum Gasteiger partial charge on any atom is 0.254 e. The molecule has 0 saturated carbocycles. The minimum absolute atomic E-state index is 0.102. The van der Waals surface area contributed by atoms with E-state index in [-0.39, 0.29) is 12.5 Å². The lowest BCUT2D eigenvalue weighted by Gasteiger charge is -2.34. The lowest BCUT2D eigenvalue weighted by Crippen LogP contribution is -2.47. The van der Waals surface area contributed by atoms with E-state index in [0.29, 0.717) is 17.1 Å². The highest BCUT2D eigenvalue weighted by Crippen LogP contribution is 2.16. The normalized spacial score (nSPS) is 11.4. The first-order valence-corrected chi connectivity index (χ1v) is 5.41. The lowest BCUT2D eigenvalue weighted by molar-refractivity contribution is 0.0473. The molecule has 0 atom stereocenters. The summed E-state index contributed by atoms with van der Waals surface area (Å²) in [7, 11) is 1.66. The second kappa shape index (κ2) is 4.71. The van der Waals surface area contributed by atoms with Gasteiger partial charge in [0.1, 0.15) is 5.82 Å². The summed E-state index contributed by atoms with van der Waals surface area (Å²) in [5.74, 6) is 0.143. The highest BCUT2D eigenvalue weighted by Gasteiger charge is 2.27. The Kier molecular flexibility index (Phi) is 3.72. The Bertz CT molecular complexity index is 410. The molecule has 1 heterocycles. The smallest absolute Gasteiger partial charge is 0.254 e. The molecule has 1 rings (SSSR count). The number of pyridine rings is 1. The van der Waals surface area contributed by atoms with Gasteiger partial charge in [0.25, 0.3) is 5.91 Å². The third kappa shape index (κ3) is 2.94. The summed E-state index contributed by atoms with van der Waals surface area (Å²) in [5, 5.41) is 9.24. The molecule has 0 aliphatic rings. The summed E-state index contributed by atoms with van der Waals surface area (Å²) >= 11 is 0. The standard InChI is InChI=1S/C12H19N3O2/c1-8-5-9(6-10(13)14-8)11(17)15(4)12(2,3)7-16/h5-6,16H,7H2,1-4H3,(H2,13,14). The van der Waals surface area contributed by atoms with Gasteiger partial charge in [-0.3, -0.25) is 4.79 Å². The highest BCUT2D eigenvalue weighted by atomic mass is 16.3. The van der Waals surface area contributed by atoms with E-state index < -0.39 is 5.54 Å². The summed E-state index contributed by atoms with van der Waals surface area (Å²) in [6.07, 6.45) is 0. The van der Waals surface area contributed by atoms with Gasteiger partial charge >= 0.3 is 0 Å². The molecular formula is C12H19N3O2. The van der Waals surface area contributed by atoms with Gasteiger partial charge in [0.15, 0.2) is 0 Å². The Labute approximate surface area is 101 Å². The lowest BCUT2D eigenvalue weighted by atomic mass is 10.0. The third-order valence-corrected chi connectivity index (χ3v) is 2.82. The van der Waals surface area contributed by atoms with E-state index in [1.165, 1.54) is 4.90 Å². The minimum Gasteiger partial charge on any atom is -0.394 e.